The molecule has 1 aromatic carbocycles. The lowest BCUT2D eigenvalue weighted by molar-refractivity contribution is -0.145. The topological polar surface area (TPSA) is 29.5 Å². The molecule has 1 aliphatic rings. The Morgan fingerprint density at radius 2 is 1.70 bits per heavy atom. The number of rotatable bonds is 2. The molecule has 1 saturated heterocycles. The highest BCUT2D eigenvalue weighted by Crippen LogP contribution is 2.37. The van der Waals surface area contributed by atoms with Crippen molar-refractivity contribution in [3.63, 3.8) is 0 Å². The van der Waals surface area contributed by atoms with Crippen LogP contribution in [0.3, 0.4) is 0 Å². The maximum absolute atomic E-state index is 12.3. The first-order valence-electron chi connectivity index (χ1n) is 7.29. The van der Waals surface area contributed by atoms with Crippen LogP contribution in [0, 0.1) is 5.41 Å². The van der Waals surface area contributed by atoms with Crippen LogP contribution in [0.2, 0.25) is 0 Å². The van der Waals surface area contributed by atoms with Crippen LogP contribution in [0.5, 0.6) is 0 Å². The molecule has 0 N–H and O–H groups in total. The number of ether oxygens (including phenoxy) is 1. The van der Waals surface area contributed by atoms with Crippen molar-refractivity contribution in [2.75, 3.05) is 20.2 Å². The molecule has 2 rings (SSSR count). The first-order chi connectivity index (χ1) is 9.39. The molecule has 0 spiro atoms. The zero-order valence-corrected chi connectivity index (χ0v) is 13.0. The fourth-order valence-corrected chi connectivity index (χ4v) is 2.90. The van der Waals surface area contributed by atoms with E-state index in [-0.39, 0.29) is 16.9 Å². The highest BCUT2D eigenvalue weighted by atomic mass is 16.5. The van der Waals surface area contributed by atoms with Gasteiger partial charge in [-0.2, -0.15) is 0 Å². The van der Waals surface area contributed by atoms with Gasteiger partial charge in [0, 0.05) is 25.6 Å². The number of nitrogens with zero attached hydrogens (tertiary/aromatic N) is 1. The summed E-state index contributed by atoms with van der Waals surface area (Å²) in [4.78, 5) is 14.3. The van der Waals surface area contributed by atoms with Crippen LogP contribution in [-0.2, 0) is 15.1 Å². The summed E-state index contributed by atoms with van der Waals surface area (Å²) in [6, 6.07) is 10.3. The lowest BCUT2D eigenvalue weighted by atomic mass is 9.83. The van der Waals surface area contributed by atoms with Gasteiger partial charge in [-0.1, -0.05) is 51.1 Å². The molecule has 1 amide bonds. The molecule has 1 aliphatic heterocycles. The van der Waals surface area contributed by atoms with Crippen LogP contribution < -0.4 is 0 Å². The lowest BCUT2D eigenvalue weighted by Crippen LogP contribution is -2.49. The standard InChI is InChI=1S/C17H25NO2/c1-16(2,3)15(19)18-12-10-17(20-4,11-13-18)14-8-6-5-7-9-14/h5-9H,10-13H2,1-4H3. The van der Waals surface area contributed by atoms with E-state index in [0.29, 0.717) is 0 Å². The van der Waals surface area contributed by atoms with Gasteiger partial charge in [-0.05, 0) is 18.4 Å². The molecule has 3 nitrogen and oxygen atoms in total. The van der Waals surface area contributed by atoms with E-state index in [1.54, 1.807) is 7.11 Å². The number of methoxy groups -OCH3 is 1. The monoisotopic (exact) mass is 275 g/mol. The van der Waals surface area contributed by atoms with Gasteiger partial charge in [0.05, 0.1) is 5.60 Å². The molecule has 0 atom stereocenters. The summed E-state index contributed by atoms with van der Waals surface area (Å²) in [5.41, 5.74) is 0.667. The summed E-state index contributed by atoms with van der Waals surface area (Å²) >= 11 is 0. The second kappa shape index (κ2) is 5.57. The van der Waals surface area contributed by atoms with Gasteiger partial charge >= 0.3 is 0 Å². The molecule has 0 bridgehead atoms. The summed E-state index contributed by atoms with van der Waals surface area (Å²) in [7, 11) is 1.77. The quantitative estimate of drug-likeness (QED) is 0.829. The second-order valence-corrected chi connectivity index (χ2v) is 6.61. The predicted octanol–water partition coefficient (Wildman–Crippen LogP) is 3.20. The van der Waals surface area contributed by atoms with Crippen molar-refractivity contribution in [2.45, 2.75) is 39.2 Å². The first-order valence-corrected chi connectivity index (χ1v) is 7.29. The zero-order valence-electron chi connectivity index (χ0n) is 13.0. The molecular formula is C17H25NO2. The number of amides is 1. The fourth-order valence-electron chi connectivity index (χ4n) is 2.90. The first kappa shape index (κ1) is 15.0. The molecule has 0 aromatic heterocycles. The third-order valence-electron chi connectivity index (χ3n) is 4.19. The smallest absolute Gasteiger partial charge is 0.227 e. The number of carbonyl (C=O) groups is 1. The zero-order chi connectivity index (χ0) is 14.8. The Morgan fingerprint density at radius 3 is 2.15 bits per heavy atom. The highest BCUT2D eigenvalue weighted by molar-refractivity contribution is 5.81. The Bertz CT molecular complexity index is 454. The van der Waals surface area contributed by atoms with E-state index in [2.05, 4.69) is 12.1 Å². The van der Waals surface area contributed by atoms with E-state index in [9.17, 15) is 4.79 Å². The van der Waals surface area contributed by atoms with Crippen molar-refractivity contribution >= 4 is 5.91 Å². The molecule has 0 aliphatic carbocycles. The molecule has 0 unspecified atom stereocenters. The minimum Gasteiger partial charge on any atom is -0.373 e. The Balaban J connectivity index is 2.11. The van der Waals surface area contributed by atoms with E-state index in [1.807, 2.05) is 43.9 Å². The van der Waals surface area contributed by atoms with Crippen molar-refractivity contribution in [3.8, 4) is 0 Å². The van der Waals surface area contributed by atoms with E-state index in [1.165, 1.54) is 5.56 Å². The van der Waals surface area contributed by atoms with Gasteiger partial charge < -0.3 is 9.64 Å². The van der Waals surface area contributed by atoms with E-state index >= 15 is 0 Å². The Morgan fingerprint density at radius 1 is 1.15 bits per heavy atom. The van der Waals surface area contributed by atoms with Gasteiger partial charge in [0.2, 0.25) is 5.91 Å². The van der Waals surface area contributed by atoms with Gasteiger partial charge in [0.15, 0.2) is 0 Å². The average molecular weight is 275 g/mol. The highest BCUT2D eigenvalue weighted by Gasteiger charge is 2.39. The summed E-state index contributed by atoms with van der Waals surface area (Å²) in [6.45, 7) is 7.46. The molecule has 0 radical (unpaired) electrons. The van der Waals surface area contributed by atoms with Gasteiger partial charge in [-0.3, -0.25) is 4.79 Å². The Labute approximate surface area is 121 Å². The molecule has 0 saturated carbocycles. The maximum atomic E-state index is 12.3. The number of piperidine rings is 1. The van der Waals surface area contributed by atoms with Crippen molar-refractivity contribution in [1.82, 2.24) is 4.90 Å². The second-order valence-electron chi connectivity index (χ2n) is 6.61. The summed E-state index contributed by atoms with van der Waals surface area (Å²) < 4.78 is 5.84. The summed E-state index contributed by atoms with van der Waals surface area (Å²) in [6.07, 6.45) is 1.71. The van der Waals surface area contributed by atoms with Crippen molar-refractivity contribution < 1.29 is 9.53 Å². The summed E-state index contributed by atoms with van der Waals surface area (Å²) in [5.74, 6) is 0.232. The normalized spacial score (nSPS) is 18.9. The van der Waals surface area contributed by atoms with Crippen molar-refractivity contribution in [3.05, 3.63) is 35.9 Å². The minimum absolute atomic E-state index is 0.232. The number of hydrogen-bond donors (Lipinski definition) is 0. The van der Waals surface area contributed by atoms with Crippen molar-refractivity contribution in [1.29, 1.82) is 0 Å². The van der Waals surface area contributed by atoms with E-state index < -0.39 is 0 Å². The Kier molecular flexibility index (Phi) is 4.19. The van der Waals surface area contributed by atoms with Crippen LogP contribution >= 0.6 is 0 Å². The minimum atomic E-state index is -0.306. The molecule has 1 heterocycles. The Hall–Kier alpha value is -1.35. The van der Waals surface area contributed by atoms with E-state index in [0.717, 1.165) is 25.9 Å². The average Bonchev–Trinajstić information content (AvgIpc) is 2.46. The predicted molar refractivity (Wildman–Crippen MR) is 80.4 cm³/mol. The van der Waals surface area contributed by atoms with Crippen LogP contribution in [0.4, 0.5) is 0 Å². The third-order valence-corrected chi connectivity index (χ3v) is 4.19. The van der Waals surface area contributed by atoms with Gasteiger partial charge in [-0.15, -0.1) is 0 Å². The number of carbonyl (C=O) groups excluding carboxylic acids is 1. The van der Waals surface area contributed by atoms with Crippen LogP contribution in [0.25, 0.3) is 0 Å². The summed E-state index contributed by atoms with van der Waals surface area (Å²) in [5, 5.41) is 0. The fraction of sp³-hybridized carbons (Fsp3) is 0.588. The molecule has 1 fully saturated rings. The van der Waals surface area contributed by atoms with Crippen LogP contribution in [0.15, 0.2) is 30.3 Å². The maximum Gasteiger partial charge on any atom is 0.227 e. The number of likely N-dealkylation sites (tertiary alicyclic amines) is 1. The third kappa shape index (κ3) is 2.88. The largest absolute Gasteiger partial charge is 0.373 e. The molecule has 1 aromatic rings. The molecule has 110 valence electrons. The SMILES string of the molecule is COC1(c2ccccc2)CCN(C(=O)C(C)(C)C)CC1. The van der Waals surface area contributed by atoms with E-state index in [4.69, 9.17) is 4.74 Å². The van der Waals surface area contributed by atoms with Crippen LogP contribution in [-0.4, -0.2) is 31.0 Å². The molecule has 3 heteroatoms. The van der Waals surface area contributed by atoms with Crippen molar-refractivity contribution in [2.24, 2.45) is 5.41 Å². The number of hydrogen-bond acceptors (Lipinski definition) is 2. The van der Waals surface area contributed by atoms with Gasteiger partial charge in [0.25, 0.3) is 0 Å². The molecular weight excluding hydrogens is 250 g/mol. The number of benzene rings is 1. The van der Waals surface area contributed by atoms with Gasteiger partial charge in [0.1, 0.15) is 0 Å². The van der Waals surface area contributed by atoms with Crippen LogP contribution in [0.1, 0.15) is 39.2 Å². The lowest BCUT2D eigenvalue weighted by Gasteiger charge is -2.42. The molecule has 20 heavy (non-hydrogen) atoms. The van der Waals surface area contributed by atoms with Gasteiger partial charge in [-0.25, -0.2) is 0 Å².